The van der Waals surface area contributed by atoms with E-state index in [0.29, 0.717) is 0 Å². The van der Waals surface area contributed by atoms with Crippen molar-refractivity contribution in [1.82, 2.24) is 5.32 Å². The third-order valence-electron chi connectivity index (χ3n) is 1.52. The van der Waals surface area contributed by atoms with Crippen molar-refractivity contribution in [2.24, 2.45) is 0 Å². The number of hydrogen-bond acceptors (Lipinski definition) is 2. The average Bonchev–Trinajstić information content (AvgIpc) is 2.00. The van der Waals surface area contributed by atoms with Gasteiger partial charge < -0.3 is 5.32 Å². The summed E-state index contributed by atoms with van der Waals surface area (Å²) in [5, 5.41) is 3.44. The predicted octanol–water partition coefficient (Wildman–Crippen LogP) is 3.07. The first kappa shape index (κ1) is 13.1. The molecule has 0 aliphatic carbocycles. The maximum atomic E-state index is 4.05. The van der Waals surface area contributed by atoms with Crippen LogP contribution in [0.25, 0.3) is 0 Å². The molecule has 1 nitrogen and oxygen atoms in total. The van der Waals surface area contributed by atoms with Crippen molar-refractivity contribution in [3.05, 3.63) is 12.2 Å². The summed E-state index contributed by atoms with van der Waals surface area (Å²) in [4.78, 5) is 0. The summed E-state index contributed by atoms with van der Waals surface area (Å²) >= 11 is 1.97. The SMILES string of the molecule is C=C(CNC(C)(C)C)CSCCC. The summed E-state index contributed by atoms with van der Waals surface area (Å²) in [6, 6.07) is 0. The van der Waals surface area contributed by atoms with Crippen LogP contribution in [0.4, 0.5) is 0 Å². The van der Waals surface area contributed by atoms with Gasteiger partial charge in [-0.2, -0.15) is 11.8 Å². The van der Waals surface area contributed by atoms with Gasteiger partial charge in [0.05, 0.1) is 0 Å². The molecule has 78 valence electrons. The molecule has 13 heavy (non-hydrogen) atoms. The minimum Gasteiger partial charge on any atom is -0.308 e. The van der Waals surface area contributed by atoms with E-state index in [0.717, 1.165) is 12.3 Å². The molecule has 0 atom stereocenters. The van der Waals surface area contributed by atoms with Crippen molar-refractivity contribution in [3.8, 4) is 0 Å². The summed E-state index contributed by atoms with van der Waals surface area (Å²) in [6.45, 7) is 13.7. The Balaban J connectivity index is 3.41. The quantitative estimate of drug-likeness (QED) is 0.523. The van der Waals surface area contributed by atoms with Crippen LogP contribution >= 0.6 is 11.8 Å². The summed E-state index contributed by atoms with van der Waals surface area (Å²) < 4.78 is 0. The lowest BCUT2D eigenvalue weighted by Gasteiger charge is -2.21. The fourth-order valence-electron chi connectivity index (χ4n) is 0.802. The highest BCUT2D eigenvalue weighted by Gasteiger charge is 2.08. The van der Waals surface area contributed by atoms with Gasteiger partial charge in [-0.1, -0.05) is 19.1 Å². The summed E-state index contributed by atoms with van der Waals surface area (Å²) in [5.41, 5.74) is 1.51. The zero-order valence-electron chi connectivity index (χ0n) is 9.44. The zero-order valence-corrected chi connectivity index (χ0v) is 10.3. The Morgan fingerprint density at radius 2 is 2.00 bits per heavy atom. The maximum Gasteiger partial charge on any atom is 0.0175 e. The molecule has 0 spiro atoms. The van der Waals surface area contributed by atoms with Crippen molar-refractivity contribution < 1.29 is 0 Å². The van der Waals surface area contributed by atoms with Crippen molar-refractivity contribution in [1.29, 1.82) is 0 Å². The molecule has 0 aromatic heterocycles. The van der Waals surface area contributed by atoms with Crippen LogP contribution in [0.2, 0.25) is 0 Å². The van der Waals surface area contributed by atoms with Gasteiger partial charge in [-0.3, -0.25) is 0 Å². The molecule has 0 heterocycles. The van der Waals surface area contributed by atoms with Crippen molar-refractivity contribution in [2.45, 2.75) is 39.7 Å². The van der Waals surface area contributed by atoms with Crippen LogP contribution in [0.1, 0.15) is 34.1 Å². The molecule has 0 unspecified atom stereocenters. The minimum atomic E-state index is 0.207. The smallest absolute Gasteiger partial charge is 0.0175 e. The van der Waals surface area contributed by atoms with Crippen LogP contribution in [0.15, 0.2) is 12.2 Å². The maximum absolute atomic E-state index is 4.05. The van der Waals surface area contributed by atoms with Crippen LogP contribution in [0.5, 0.6) is 0 Å². The van der Waals surface area contributed by atoms with Crippen LogP contribution in [-0.4, -0.2) is 23.6 Å². The monoisotopic (exact) mass is 201 g/mol. The van der Waals surface area contributed by atoms with Gasteiger partial charge in [-0.15, -0.1) is 0 Å². The number of rotatable bonds is 6. The third kappa shape index (κ3) is 9.97. The molecule has 0 aromatic rings. The highest BCUT2D eigenvalue weighted by molar-refractivity contribution is 7.99. The molecule has 0 rings (SSSR count). The third-order valence-corrected chi connectivity index (χ3v) is 2.83. The molecule has 1 N–H and O–H groups in total. The Kier molecular flexibility index (Phi) is 6.52. The lowest BCUT2D eigenvalue weighted by atomic mass is 10.1. The normalized spacial score (nSPS) is 11.7. The molecular formula is C11H23NS. The second kappa shape index (κ2) is 6.50. The zero-order chi connectivity index (χ0) is 10.3. The van der Waals surface area contributed by atoms with E-state index < -0.39 is 0 Å². The molecule has 0 fully saturated rings. The molecule has 0 aliphatic rings. The number of hydrogen-bond donors (Lipinski definition) is 1. The van der Waals surface area contributed by atoms with Gasteiger partial charge in [0, 0.05) is 17.8 Å². The van der Waals surface area contributed by atoms with Gasteiger partial charge in [0.2, 0.25) is 0 Å². The lowest BCUT2D eigenvalue weighted by molar-refractivity contribution is 0.445. The molecule has 0 aromatic carbocycles. The summed E-state index contributed by atoms with van der Waals surface area (Å²) in [6.07, 6.45) is 1.25. The number of thioether (sulfide) groups is 1. The van der Waals surface area contributed by atoms with Crippen molar-refractivity contribution in [3.63, 3.8) is 0 Å². The first-order valence-electron chi connectivity index (χ1n) is 4.95. The molecule has 2 heteroatoms. The molecule has 0 radical (unpaired) electrons. The molecule has 0 saturated heterocycles. The lowest BCUT2D eigenvalue weighted by Crippen LogP contribution is -2.37. The predicted molar refractivity (Wildman–Crippen MR) is 64.5 cm³/mol. The van der Waals surface area contributed by atoms with E-state index in [9.17, 15) is 0 Å². The fourth-order valence-corrected chi connectivity index (χ4v) is 1.63. The van der Waals surface area contributed by atoms with Gasteiger partial charge in [-0.25, -0.2) is 0 Å². The Hall–Kier alpha value is 0.0500. The molecule has 0 bridgehead atoms. The van der Waals surface area contributed by atoms with Gasteiger partial charge in [0.1, 0.15) is 0 Å². The van der Waals surface area contributed by atoms with E-state index >= 15 is 0 Å². The topological polar surface area (TPSA) is 12.0 Å². The summed E-state index contributed by atoms with van der Waals surface area (Å²) in [5.74, 6) is 2.34. The Morgan fingerprint density at radius 1 is 1.38 bits per heavy atom. The van der Waals surface area contributed by atoms with Gasteiger partial charge in [0.25, 0.3) is 0 Å². The molecule has 0 aliphatic heterocycles. The number of nitrogens with one attached hydrogen (secondary N) is 1. The van der Waals surface area contributed by atoms with E-state index in [1.165, 1.54) is 17.7 Å². The molecule has 0 saturated carbocycles. The van der Waals surface area contributed by atoms with E-state index in [4.69, 9.17) is 0 Å². The van der Waals surface area contributed by atoms with Crippen LogP contribution in [0.3, 0.4) is 0 Å². The van der Waals surface area contributed by atoms with Crippen LogP contribution in [0, 0.1) is 0 Å². The van der Waals surface area contributed by atoms with E-state index in [2.05, 4.69) is 39.6 Å². The molecule has 0 amide bonds. The van der Waals surface area contributed by atoms with Crippen LogP contribution in [-0.2, 0) is 0 Å². The fraction of sp³-hybridized carbons (Fsp3) is 0.818. The Labute approximate surface area is 87.4 Å². The molecular weight excluding hydrogens is 178 g/mol. The Morgan fingerprint density at radius 3 is 2.46 bits per heavy atom. The second-order valence-electron chi connectivity index (χ2n) is 4.41. The first-order valence-corrected chi connectivity index (χ1v) is 6.10. The highest BCUT2D eigenvalue weighted by Crippen LogP contribution is 2.08. The highest BCUT2D eigenvalue weighted by atomic mass is 32.2. The summed E-state index contributed by atoms with van der Waals surface area (Å²) in [7, 11) is 0. The first-order chi connectivity index (χ1) is 5.95. The Bertz CT molecular complexity index is 147. The van der Waals surface area contributed by atoms with Crippen molar-refractivity contribution >= 4 is 11.8 Å². The average molecular weight is 201 g/mol. The van der Waals surface area contributed by atoms with Gasteiger partial charge in [0.15, 0.2) is 0 Å². The second-order valence-corrected chi connectivity index (χ2v) is 5.51. The van der Waals surface area contributed by atoms with E-state index in [1.807, 2.05) is 11.8 Å². The van der Waals surface area contributed by atoms with E-state index in [-0.39, 0.29) is 5.54 Å². The van der Waals surface area contributed by atoms with Crippen molar-refractivity contribution in [2.75, 3.05) is 18.1 Å². The standard InChI is InChI=1S/C11H23NS/c1-6-7-13-9-10(2)8-12-11(3,4)5/h12H,2,6-9H2,1,3-5H3. The van der Waals surface area contributed by atoms with E-state index in [1.54, 1.807) is 0 Å². The van der Waals surface area contributed by atoms with Gasteiger partial charge >= 0.3 is 0 Å². The van der Waals surface area contributed by atoms with Crippen LogP contribution < -0.4 is 5.32 Å². The minimum absolute atomic E-state index is 0.207. The van der Waals surface area contributed by atoms with Gasteiger partial charge in [-0.05, 0) is 32.9 Å². The largest absolute Gasteiger partial charge is 0.308 e.